The Morgan fingerprint density at radius 3 is 2.38 bits per heavy atom. The number of imide groups is 1. The number of amides is 3. The van der Waals surface area contributed by atoms with E-state index < -0.39 is 35.5 Å². The van der Waals surface area contributed by atoms with Gasteiger partial charge >= 0.3 is 6.09 Å². The predicted octanol–water partition coefficient (Wildman–Crippen LogP) is 2.34. The molecule has 1 saturated carbocycles. The van der Waals surface area contributed by atoms with E-state index in [9.17, 15) is 23.2 Å². The van der Waals surface area contributed by atoms with Gasteiger partial charge in [0.05, 0.1) is 19.0 Å². The zero-order chi connectivity index (χ0) is 20.5. The Bertz CT molecular complexity index is 812. The molecule has 0 unspecified atom stereocenters. The maximum absolute atomic E-state index is 14.6. The molecule has 156 valence electrons. The van der Waals surface area contributed by atoms with Crippen LogP contribution in [-0.4, -0.2) is 43.1 Å². The number of rotatable bonds is 4. The average Bonchev–Trinajstić information content (AvgIpc) is 3.11. The number of nitrogens with one attached hydrogen (secondary N) is 2. The Kier molecular flexibility index (Phi) is 5.38. The van der Waals surface area contributed by atoms with Gasteiger partial charge in [-0.15, -0.1) is 0 Å². The normalized spacial score (nSPS) is 23.0. The maximum atomic E-state index is 14.6. The molecule has 0 radical (unpaired) electrons. The van der Waals surface area contributed by atoms with E-state index in [2.05, 4.69) is 10.6 Å². The van der Waals surface area contributed by atoms with Crippen LogP contribution < -0.4 is 15.5 Å². The summed E-state index contributed by atoms with van der Waals surface area (Å²) < 4.78 is 34.5. The summed E-state index contributed by atoms with van der Waals surface area (Å²) in [6.07, 6.45) is 3.47. The third-order valence-corrected chi connectivity index (χ3v) is 5.82. The SMILES string of the molecule is O=C1CC[C@@H](c2c(F)cc(N3CC(OC(=O)NC4CCCC4)C3)cc2F)C(=O)N1. The van der Waals surface area contributed by atoms with E-state index in [1.165, 1.54) is 12.1 Å². The molecule has 2 heterocycles. The minimum atomic E-state index is -1.02. The van der Waals surface area contributed by atoms with E-state index in [1.807, 2.05) is 0 Å². The van der Waals surface area contributed by atoms with Gasteiger partial charge in [0.15, 0.2) is 0 Å². The van der Waals surface area contributed by atoms with Crippen LogP contribution in [0.4, 0.5) is 19.3 Å². The third kappa shape index (κ3) is 4.18. The van der Waals surface area contributed by atoms with Crippen LogP contribution in [0.15, 0.2) is 12.1 Å². The fraction of sp³-hybridized carbons (Fsp3) is 0.550. The smallest absolute Gasteiger partial charge is 0.407 e. The standard InChI is InChI=1S/C20H23F2N3O4/c21-15-7-12(8-16(22)18(15)14-5-6-17(26)24-19(14)27)25-9-13(10-25)29-20(28)23-11-3-1-2-4-11/h7-8,11,13-14H,1-6,9-10H2,(H,23,28)(H,24,26,27)/t14-/m0/s1. The van der Waals surface area contributed by atoms with Crippen LogP contribution in [0.1, 0.15) is 50.0 Å². The maximum Gasteiger partial charge on any atom is 0.407 e. The Hall–Kier alpha value is -2.71. The number of hydrogen-bond acceptors (Lipinski definition) is 5. The molecule has 3 fully saturated rings. The molecule has 1 aliphatic carbocycles. The van der Waals surface area contributed by atoms with Crippen molar-refractivity contribution in [1.82, 2.24) is 10.6 Å². The molecule has 9 heteroatoms. The molecule has 3 aliphatic rings. The summed E-state index contributed by atoms with van der Waals surface area (Å²) in [7, 11) is 0. The highest BCUT2D eigenvalue weighted by molar-refractivity contribution is 6.01. The average molecular weight is 407 g/mol. The second-order valence-corrected chi connectivity index (χ2v) is 7.88. The zero-order valence-corrected chi connectivity index (χ0v) is 15.9. The first-order valence-corrected chi connectivity index (χ1v) is 9.95. The molecule has 1 atom stereocenters. The fourth-order valence-corrected chi connectivity index (χ4v) is 4.20. The number of alkyl carbamates (subject to hydrolysis) is 1. The number of halogens is 2. The first kappa shape index (κ1) is 19.6. The minimum Gasteiger partial charge on any atom is -0.442 e. The molecule has 0 spiro atoms. The molecule has 4 rings (SSSR count). The lowest BCUT2D eigenvalue weighted by Gasteiger charge is -2.40. The van der Waals surface area contributed by atoms with E-state index in [0.717, 1.165) is 25.7 Å². The summed E-state index contributed by atoms with van der Waals surface area (Å²) in [6, 6.07) is 2.52. The molecule has 1 aromatic carbocycles. The van der Waals surface area contributed by atoms with Crippen LogP contribution >= 0.6 is 0 Å². The van der Waals surface area contributed by atoms with Crippen LogP contribution in [0.3, 0.4) is 0 Å². The summed E-state index contributed by atoms with van der Waals surface area (Å²) in [5.41, 5.74) is 0.00936. The lowest BCUT2D eigenvalue weighted by atomic mass is 9.89. The summed E-state index contributed by atoms with van der Waals surface area (Å²) in [4.78, 5) is 36.8. The fourth-order valence-electron chi connectivity index (χ4n) is 4.20. The van der Waals surface area contributed by atoms with Crippen molar-refractivity contribution in [2.24, 2.45) is 0 Å². The molecule has 1 aromatic rings. The number of ether oxygens (including phenoxy) is 1. The molecule has 2 N–H and O–H groups in total. The predicted molar refractivity (Wildman–Crippen MR) is 99.4 cm³/mol. The monoisotopic (exact) mass is 407 g/mol. The second kappa shape index (κ2) is 7.96. The van der Waals surface area contributed by atoms with Crippen molar-refractivity contribution in [3.8, 4) is 0 Å². The highest BCUT2D eigenvalue weighted by atomic mass is 19.1. The van der Waals surface area contributed by atoms with Crippen molar-refractivity contribution in [1.29, 1.82) is 0 Å². The van der Waals surface area contributed by atoms with Gasteiger partial charge in [-0.25, -0.2) is 13.6 Å². The van der Waals surface area contributed by atoms with Crippen LogP contribution in [0, 0.1) is 11.6 Å². The Morgan fingerprint density at radius 1 is 1.10 bits per heavy atom. The second-order valence-electron chi connectivity index (χ2n) is 7.88. The molecule has 0 bridgehead atoms. The van der Waals surface area contributed by atoms with Crippen molar-refractivity contribution < 1.29 is 27.9 Å². The first-order chi connectivity index (χ1) is 13.9. The molecule has 3 amide bonds. The summed E-state index contributed by atoms with van der Waals surface area (Å²) in [5, 5.41) is 4.96. The largest absolute Gasteiger partial charge is 0.442 e. The number of piperidine rings is 1. The van der Waals surface area contributed by atoms with Crippen molar-refractivity contribution in [2.75, 3.05) is 18.0 Å². The van der Waals surface area contributed by atoms with Gasteiger partial charge in [-0.05, 0) is 31.4 Å². The van der Waals surface area contributed by atoms with E-state index in [4.69, 9.17) is 4.74 Å². The third-order valence-electron chi connectivity index (χ3n) is 5.82. The van der Waals surface area contributed by atoms with Gasteiger partial charge in [-0.3, -0.25) is 14.9 Å². The lowest BCUT2D eigenvalue weighted by molar-refractivity contribution is -0.134. The minimum absolute atomic E-state index is 0.0467. The van der Waals surface area contributed by atoms with Gasteiger partial charge in [0.1, 0.15) is 17.7 Å². The highest BCUT2D eigenvalue weighted by Crippen LogP contribution is 2.33. The van der Waals surface area contributed by atoms with Crippen molar-refractivity contribution in [2.45, 2.75) is 56.6 Å². The summed E-state index contributed by atoms with van der Waals surface area (Å²) >= 11 is 0. The molecular formula is C20H23F2N3O4. The first-order valence-electron chi connectivity index (χ1n) is 9.95. The van der Waals surface area contributed by atoms with Gasteiger partial charge in [-0.1, -0.05) is 12.8 Å². The molecule has 29 heavy (non-hydrogen) atoms. The van der Waals surface area contributed by atoms with Gasteiger partial charge in [0, 0.05) is 23.7 Å². The quantitative estimate of drug-likeness (QED) is 0.748. The summed E-state index contributed by atoms with van der Waals surface area (Å²) in [5.74, 6) is -3.78. The van der Waals surface area contributed by atoms with E-state index in [1.54, 1.807) is 4.90 Å². The summed E-state index contributed by atoms with van der Waals surface area (Å²) in [6.45, 7) is 0.684. The van der Waals surface area contributed by atoms with Gasteiger partial charge in [0.2, 0.25) is 11.8 Å². The van der Waals surface area contributed by atoms with Gasteiger partial charge < -0.3 is 15.0 Å². The molecule has 0 aromatic heterocycles. The van der Waals surface area contributed by atoms with Crippen LogP contribution in [0.2, 0.25) is 0 Å². The lowest BCUT2D eigenvalue weighted by Crippen LogP contribution is -2.54. The molecular weight excluding hydrogens is 384 g/mol. The Balaban J connectivity index is 1.35. The highest BCUT2D eigenvalue weighted by Gasteiger charge is 2.35. The number of carbonyl (C=O) groups is 3. The van der Waals surface area contributed by atoms with Crippen LogP contribution in [-0.2, 0) is 14.3 Å². The van der Waals surface area contributed by atoms with E-state index >= 15 is 0 Å². The van der Waals surface area contributed by atoms with E-state index in [-0.39, 0.29) is 30.6 Å². The topological polar surface area (TPSA) is 87.7 Å². The number of benzene rings is 1. The number of hydrogen-bond donors (Lipinski definition) is 2. The number of carbonyl (C=O) groups excluding carboxylic acids is 3. The Labute approximate surface area is 166 Å². The van der Waals surface area contributed by atoms with Crippen molar-refractivity contribution in [3.63, 3.8) is 0 Å². The van der Waals surface area contributed by atoms with Gasteiger partial charge in [-0.2, -0.15) is 0 Å². The molecule has 7 nitrogen and oxygen atoms in total. The zero-order valence-electron chi connectivity index (χ0n) is 15.9. The number of nitrogens with zero attached hydrogens (tertiary/aromatic N) is 1. The number of anilines is 1. The van der Waals surface area contributed by atoms with Crippen LogP contribution in [0.5, 0.6) is 0 Å². The Morgan fingerprint density at radius 2 is 1.76 bits per heavy atom. The molecule has 2 aliphatic heterocycles. The van der Waals surface area contributed by atoms with Crippen LogP contribution in [0.25, 0.3) is 0 Å². The van der Waals surface area contributed by atoms with Gasteiger partial charge in [0.25, 0.3) is 0 Å². The van der Waals surface area contributed by atoms with E-state index in [0.29, 0.717) is 18.8 Å². The van der Waals surface area contributed by atoms with Crippen molar-refractivity contribution in [3.05, 3.63) is 29.3 Å². The molecule has 2 saturated heterocycles. The van der Waals surface area contributed by atoms with Crippen molar-refractivity contribution >= 4 is 23.6 Å².